The number of hydrogen-bond donors (Lipinski definition) is 1. The van der Waals surface area contributed by atoms with Crippen molar-refractivity contribution < 1.29 is 4.74 Å². The maximum Gasteiger partial charge on any atom is 0.0663 e. The van der Waals surface area contributed by atoms with E-state index in [9.17, 15) is 0 Å². The van der Waals surface area contributed by atoms with E-state index in [2.05, 4.69) is 43.1 Å². The smallest absolute Gasteiger partial charge is 0.0663 e. The van der Waals surface area contributed by atoms with Crippen molar-refractivity contribution in [2.24, 2.45) is 0 Å². The number of methoxy groups -OCH3 is 1. The first kappa shape index (κ1) is 17.3. The predicted molar refractivity (Wildman–Crippen MR) is 87.8 cm³/mol. The van der Waals surface area contributed by atoms with Crippen LogP contribution in [-0.2, 0) is 11.3 Å². The van der Waals surface area contributed by atoms with Crippen LogP contribution in [0.4, 0.5) is 5.69 Å². The van der Waals surface area contributed by atoms with E-state index in [0.717, 1.165) is 31.1 Å². The zero-order valence-electron chi connectivity index (χ0n) is 13.1. The van der Waals surface area contributed by atoms with Crippen molar-refractivity contribution in [3.05, 3.63) is 28.8 Å². The standard InChI is InChI=1S/C16H27ClN2O/c1-5-9-18-11-14-7-8-15(17)10-16(14)19(6-2)13(3)12-20-4/h7-8,10,13,18H,5-6,9,11-12H2,1-4H3. The number of nitrogens with zero attached hydrogens (tertiary/aromatic N) is 1. The molecule has 1 rings (SSSR count). The van der Waals surface area contributed by atoms with E-state index >= 15 is 0 Å². The number of anilines is 1. The Morgan fingerprint density at radius 1 is 1.35 bits per heavy atom. The monoisotopic (exact) mass is 298 g/mol. The Bertz CT molecular complexity index is 398. The number of hydrogen-bond acceptors (Lipinski definition) is 3. The van der Waals surface area contributed by atoms with E-state index in [4.69, 9.17) is 16.3 Å². The Kier molecular flexibility index (Phi) is 7.97. The van der Waals surface area contributed by atoms with Crippen LogP contribution in [-0.4, -0.2) is 32.8 Å². The van der Waals surface area contributed by atoms with Gasteiger partial charge in [0.1, 0.15) is 0 Å². The van der Waals surface area contributed by atoms with Crippen LogP contribution in [0, 0.1) is 0 Å². The summed E-state index contributed by atoms with van der Waals surface area (Å²) in [6.07, 6.45) is 1.14. The fourth-order valence-corrected chi connectivity index (χ4v) is 2.57. The maximum atomic E-state index is 6.18. The SMILES string of the molecule is CCCNCc1ccc(Cl)cc1N(CC)C(C)COC. The number of benzene rings is 1. The summed E-state index contributed by atoms with van der Waals surface area (Å²) >= 11 is 6.18. The summed E-state index contributed by atoms with van der Waals surface area (Å²) in [5.74, 6) is 0. The summed E-state index contributed by atoms with van der Waals surface area (Å²) in [7, 11) is 1.74. The van der Waals surface area contributed by atoms with Gasteiger partial charge in [0.25, 0.3) is 0 Å². The van der Waals surface area contributed by atoms with Crippen molar-refractivity contribution >= 4 is 17.3 Å². The van der Waals surface area contributed by atoms with Gasteiger partial charge in [0.05, 0.1) is 6.61 Å². The molecule has 3 nitrogen and oxygen atoms in total. The molecule has 0 radical (unpaired) electrons. The van der Waals surface area contributed by atoms with Crippen LogP contribution in [0.15, 0.2) is 18.2 Å². The van der Waals surface area contributed by atoms with E-state index in [1.165, 1.54) is 11.3 Å². The lowest BCUT2D eigenvalue weighted by Crippen LogP contribution is -2.37. The van der Waals surface area contributed by atoms with Crippen LogP contribution < -0.4 is 10.2 Å². The molecule has 1 unspecified atom stereocenters. The fraction of sp³-hybridized carbons (Fsp3) is 0.625. The fourth-order valence-electron chi connectivity index (χ4n) is 2.40. The molecular weight excluding hydrogens is 272 g/mol. The molecule has 0 amide bonds. The van der Waals surface area contributed by atoms with Gasteiger partial charge in [0.15, 0.2) is 0 Å². The van der Waals surface area contributed by atoms with Gasteiger partial charge in [-0.15, -0.1) is 0 Å². The number of rotatable bonds is 9. The molecule has 0 aliphatic rings. The van der Waals surface area contributed by atoms with Crippen molar-refractivity contribution in [3.8, 4) is 0 Å². The third-order valence-corrected chi connectivity index (χ3v) is 3.61. The zero-order chi connectivity index (χ0) is 15.0. The van der Waals surface area contributed by atoms with Gasteiger partial charge in [0, 0.05) is 37.0 Å². The second-order valence-electron chi connectivity index (χ2n) is 5.04. The third kappa shape index (κ3) is 4.97. The molecule has 20 heavy (non-hydrogen) atoms. The lowest BCUT2D eigenvalue weighted by atomic mass is 10.1. The Morgan fingerprint density at radius 2 is 2.10 bits per heavy atom. The normalized spacial score (nSPS) is 12.4. The first-order chi connectivity index (χ1) is 9.63. The zero-order valence-corrected chi connectivity index (χ0v) is 13.8. The average Bonchev–Trinajstić information content (AvgIpc) is 2.42. The average molecular weight is 299 g/mol. The molecule has 0 aliphatic carbocycles. The molecule has 114 valence electrons. The van der Waals surface area contributed by atoms with Gasteiger partial charge in [-0.3, -0.25) is 0 Å². The van der Waals surface area contributed by atoms with E-state index in [-0.39, 0.29) is 0 Å². The minimum Gasteiger partial charge on any atom is -0.383 e. The highest BCUT2D eigenvalue weighted by atomic mass is 35.5. The molecule has 0 saturated carbocycles. The lowest BCUT2D eigenvalue weighted by Gasteiger charge is -2.32. The van der Waals surface area contributed by atoms with Crippen molar-refractivity contribution in [1.29, 1.82) is 0 Å². The van der Waals surface area contributed by atoms with Crippen LogP contribution in [0.1, 0.15) is 32.8 Å². The van der Waals surface area contributed by atoms with Crippen molar-refractivity contribution in [2.75, 3.05) is 31.7 Å². The van der Waals surface area contributed by atoms with Crippen LogP contribution >= 0.6 is 11.6 Å². The highest BCUT2D eigenvalue weighted by Crippen LogP contribution is 2.26. The van der Waals surface area contributed by atoms with E-state index in [1.807, 2.05) is 6.07 Å². The quantitative estimate of drug-likeness (QED) is 0.704. The van der Waals surface area contributed by atoms with Gasteiger partial charge >= 0.3 is 0 Å². The van der Waals surface area contributed by atoms with Crippen molar-refractivity contribution in [1.82, 2.24) is 5.32 Å². The van der Waals surface area contributed by atoms with Gasteiger partial charge in [-0.25, -0.2) is 0 Å². The Hall–Kier alpha value is -0.770. The first-order valence-corrected chi connectivity index (χ1v) is 7.76. The molecular formula is C16H27ClN2O. The Balaban J connectivity index is 2.95. The van der Waals surface area contributed by atoms with E-state index < -0.39 is 0 Å². The van der Waals surface area contributed by atoms with Crippen LogP contribution in [0.3, 0.4) is 0 Å². The summed E-state index contributed by atoms with van der Waals surface area (Å²) in [6.45, 7) is 10.1. The van der Waals surface area contributed by atoms with Crippen molar-refractivity contribution in [2.45, 2.75) is 39.8 Å². The van der Waals surface area contributed by atoms with Crippen LogP contribution in [0.2, 0.25) is 5.02 Å². The second-order valence-corrected chi connectivity index (χ2v) is 5.48. The van der Waals surface area contributed by atoms with E-state index in [1.54, 1.807) is 7.11 Å². The third-order valence-electron chi connectivity index (χ3n) is 3.38. The van der Waals surface area contributed by atoms with Crippen LogP contribution in [0.5, 0.6) is 0 Å². The van der Waals surface area contributed by atoms with Gasteiger partial charge in [-0.05, 0) is 44.5 Å². The molecule has 0 bridgehead atoms. The number of likely N-dealkylation sites (N-methyl/N-ethyl adjacent to an activating group) is 1. The Labute approximate surface area is 128 Å². The molecule has 0 aromatic heterocycles. The molecule has 0 saturated heterocycles. The summed E-state index contributed by atoms with van der Waals surface area (Å²) in [4.78, 5) is 2.35. The minimum atomic E-state index is 0.327. The summed E-state index contributed by atoms with van der Waals surface area (Å²) in [5.41, 5.74) is 2.49. The van der Waals surface area contributed by atoms with Crippen LogP contribution in [0.25, 0.3) is 0 Å². The molecule has 0 aliphatic heterocycles. The molecule has 4 heteroatoms. The lowest BCUT2D eigenvalue weighted by molar-refractivity contribution is 0.182. The summed E-state index contributed by atoms with van der Waals surface area (Å²) in [6, 6.07) is 6.46. The molecule has 0 heterocycles. The topological polar surface area (TPSA) is 24.5 Å². The molecule has 1 N–H and O–H groups in total. The van der Waals surface area contributed by atoms with Gasteiger partial charge in [-0.1, -0.05) is 24.6 Å². The van der Waals surface area contributed by atoms with Crippen molar-refractivity contribution in [3.63, 3.8) is 0 Å². The number of nitrogens with one attached hydrogen (secondary N) is 1. The van der Waals surface area contributed by atoms with Gasteiger partial charge in [0.2, 0.25) is 0 Å². The van der Waals surface area contributed by atoms with Gasteiger partial charge < -0.3 is 15.0 Å². The highest BCUT2D eigenvalue weighted by molar-refractivity contribution is 6.30. The van der Waals surface area contributed by atoms with E-state index in [0.29, 0.717) is 12.6 Å². The highest BCUT2D eigenvalue weighted by Gasteiger charge is 2.16. The molecule has 1 aromatic carbocycles. The predicted octanol–water partition coefficient (Wildman–Crippen LogP) is 3.70. The summed E-state index contributed by atoms with van der Waals surface area (Å²) < 4.78 is 5.29. The largest absolute Gasteiger partial charge is 0.383 e. The first-order valence-electron chi connectivity index (χ1n) is 7.38. The molecule has 0 spiro atoms. The maximum absolute atomic E-state index is 6.18. The number of ether oxygens (including phenoxy) is 1. The Morgan fingerprint density at radius 3 is 2.70 bits per heavy atom. The molecule has 1 atom stereocenters. The van der Waals surface area contributed by atoms with Gasteiger partial charge in [-0.2, -0.15) is 0 Å². The second kappa shape index (κ2) is 9.22. The molecule has 1 aromatic rings. The molecule has 0 fully saturated rings. The summed E-state index contributed by atoms with van der Waals surface area (Å²) in [5, 5.41) is 4.24. The number of halogens is 1. The minimum absolute atomic E-state index is 0.327.